The second-order valence-corrected chi connectivity index (χ2v) is 6.38. The predicted molar refractivity (Wildman–Crippen MR) is 98.8 cm³/mol. The van der Waals surface area contributed by atoms with E-state index in [2.05, 4.69) is 15.6 Å². The van der Waals surface area contributed by atoms with Crippen LogP contribution in [-0.2, 0) is 20.9 Å². The monoisotopic (exact) mass is 367 g/mol. The van der Waals surface area contributed by atoms with Gasteiger partial charge >= 0.3 is 5.97 Å². The molecule has 1 aliphatic rings. The van der Waals surface area contributed by atoms with E-state index in [1.165, 1.54) is 0 Å². The second-order valence-electron chi connectivity index (χ2n) is 6.38. The Morgan fingerprint density at radius 1 is 1.11 bits per heavy atom. The molecule has 2 amide bonds. The second kappa shape index (κ2) is 7.99. The Bertz CT molecular complexity index is 830. The highest BCUT2D eigenvalue weighted by Gasteiger charge is 2.56. The van der Waals surface area contributed by atoms with Gasteiger partial charge in [0.2, 0.25) is 11.8 Å². The van der Waals surface area contributed by atoms with Crippen molar-refractivity contribution in [1.29, 1.82) is 0 Å². The van der Waals surface area contributed by atoms with Crippen LogP contribution in [0.25, 0.3) is 0 Å². The smallest absolute Gasteiger partial charge is 0.338 e. The molecule has 1 aromatic heterocycles. The first-order valence-corrected chi connectivity index (χ1v) is 8.81. The number of amides is 2. The number of hydrogen-bond donors (Lipinski definition) is 2. The first kappa shape index (κ1) is 18.6. The van der Waals surface area contributed by atoms with Crippen molar-refractivity contribution in [2.24, 2.45) is 5.41 Å². The number of esters is 1. The Morgan fingerprint density at radius 2 is 1.85 bits per heavy atom. The molecule has 7 nitrogen and oxygen atoms in total. The van der Waals surface area contributed by atoms with Crippen LogP contribution in [0.2, 0.25) is 0 Å². The van der Waals surface area contributed by atoms with Crippen LogP contribution in [0.1, 0.15) is 35.7 Å². The average Bonchev–Trinajstić information content (AvgIpc) is 3.50. The van der Waals surface area contributed by atoms with Gasteiger partial charge in [-0.3, -0.25) is 14.6 Å². The fourth-order valence-electron chi connectivity index (χ4n) is 2.69. The van der Waals surface area contributed by atoms with E-state index in [1.807, 2.05) is 6.07 Å². The van der Waals surface area contributed by atoms with Crippen LogP contribution in [0.4, 0.5) is 5.69 Å². The largest absolute Gasteiger partial charge is 0.462 e. The number of carbonyl (C=O) groups excluding carboxylic acids is 3. The van der Waals surface area contributed by atoms with E-state index < -0.39 is 11.4 Å². The molecule has 3 rings (SSSR count). The van der Waals surface area contributed by atoms with Crippen LogP contribution in [0.15, 0.2) is 48.8 Å². The van der Waals surface area contributed by atoms with E-state index in [4.69, 9.17) is 4.74 Å². The first-order valence-electron chi connectivity index (χ1n) is 8.81. The number of benzene rings is 1. The van der Waals surface area contributed by atoms with Crippen LogP contribution in [-0.4, -0.2) is 29.4 Å². The lowest BCUT2D eigenvalue weighted by Crippen LogP contribution is -2.39. The zero-order valence-corrected chi connectivity index (χ0v) is 15.0. The Hall–Kier alpha value is -3.22. The fraction of sp³-hybridized carbons (Fsp3) is 0.300. The minimum atomic E-state index is -1.03. The van der Waals surface area contributed by atoms with Crippen LogP contribution in [0, 0.1) is 5.41 Å². The number of ether oxygens (including phenoxy) is 1. The molecule has 1 aliphatic carbocycles. The van der Waals surface area contributed by atoms with Crippen molar-refractivity contribution in [2.45, 2.75) is 26.3 Å². The minimum absolute atomic E-state index is 0.285. The molecule has 1 fully saturated rings. The van der Waals surface area contributed by atoms with Gasteiger partial charge in [-0.1, -0.05) is 6.07 Å². The van der Waals surface area contributed by atoms with Gasteiger partial charge in [0.1, 0.15) is 5.41 Å². The third-order valence-electron chi connectivity index (χ3n) is 4.45. The zero-order valence-electron chi connectivity index (χ0n) is 15.0. The Balaban J connectivity index is 1.58. The molecule has 0 atom stereocenters. The molecular weight excluding hydrogens is 346 g/mol. The van der Waals surface area contributed by atoms with Gasteiger partial charge in [-0.2, -0.15) is 0 Å². The summed E-state index contributed by atoms with van der Waals surface area (Å²) in [6.45, 7) is 2.37. The van der Waals surface area contributed by atoms with Gasteiger partial charge in [-0.25, -0.2) is 4.79 Å². The molecule has 0 saturated heterocycles. The lowest BCUT2D eigenvalue weighted by Gasteiger charge is -2.15. The number of hydrogen-bond acceptors (Lipinski definition) is 5. The maximum absolute atomic E-state index is 12.6. The maximum atomic E-state index is 12.6. The van der Waals surface area contributed by atoms with E-state index in [0.717, 1.165) is 5.56 Å². The van der Waals surface area contributed by atoms with Gasteiger partial charge in [-0.15, -0.1) is 0 Å². The predicted octanol–water partition coefficient (Wildman–Crippen LogP) is 2.29. The summed E-state index contributed by atoms with van der Waals surface area (Å²) in [5, 5.41) is 5.56. The van der Waals surface area contributed by atoms with Crippen LogP contribution in [0.5, 0.6) is 0 Å². The number of nitrogens with zero attached hydrogens (tertiary/aromatic N) is 1. The molecule has 140 valence electrons. The topological polar surface area (TPSA) is 97.4 Å². The summed E-state index contributed by atoms with van der Waals surface area (Å²) >= 11 is 0. The third kappa shape index (κ3) is 4.31. The molecule has 0 unspecified atom stereocenters. The highest BCUT2D eigenvalue weighted by atomic mass is 16.5. The highest BCUT2D eigenvalue weighted by molar-refractivity contribution is 6.13. The summed E-state index contributed by atoms with van der Waals surface area (Å²) in [7, 11) is 0. The molecule has 7 heteroatoms. The SMILES string of the molecule is CCOC(=O)c1ccc(NC(=O)C2(C(=O)NCc3cccnc3)CC2)cc1. The molecule has 2 aromatic rings. The molecule has 0 radical (unpaired) electrons. The summed E-state index contributed by atoms with van der Waals surface area (Å²) in [5.41, 5.74) is 0.781. The standard InChI is InChI=1S/C20H21N3O4/c1-2-27-17(24)15-5-7-16(8-6-15)23-19(26)20(9-10-20)18(25)22-13-14-4-3-11-21-12-14/h3-8,11-12H,2,9-10,13H2,1H3,(H,22,25)(H,23,26). The zero-order chi connectivity index (χ0) is 19.3. The third-order valence-corrected chi connectivity index (χ3v) is 4.45. The van der Waals surface area contributed by atoms with Crippen LogP contribution >= 0.6 is 0 Å². The number of carbonyl (C=O) groups is 3. The Labute approximate surface area is 157 Å². The summed E-state index contributed by atoms with van der Waals surface area (Å²) < 4.78 is 4.92. The van der Waals surface area contributed by atoms with Gasteiger partial charge in [0, 0.05) is 24.6 Å². The summed E-state index contributed by atoms with van der Waals surface area (Å²) in [4.78, 5) is 40.7. The van der Waals surface area contributed by atoms with Crippen molar-refractivity contribution >= 4 is 23.5 Å². The normalized spacial score (nSPS) is 14.1. The molecule has 0 spiro atoms. The van der Waals surface area contributed by atoms with E-state index in [0.29, 0.717) is 37.2 Å². The first-order chi connectivity index (χ1) is 13.0. The molecule has 0 bridgehead atoms. The van der Waals surface area contributed by atoms with Crippen LogP contribution in [0.3, 0.4) is 0 Å². The molecule has 0 aliphatic heterocycles. The van der Waals surface area contributed by atoms with Gasteiger partial charge in [0.05, 0.1) is 12.2 Å². The Morgan fingerprint density at radius 3 is 2.44 bits per heavy atom. The van der Waals surface area contributed by atoms with Crippen molar-refractivity contribution in [3.63, 3.8) is 0 Å². The van der Waals surface area contributed by atoms with E-state index in [-0.39, 0.29) is 11.8 Å². The van der Waals surface area contributed by atoms with Gasteiger partial charge in [0.15, 0.2) is 0 Å². The van der Waals surface area contributed by atoms with E-state index in [9.17, 15) is 14.4 Å². The number of pyridine rings is 1. The summed E-state index contributed by atoms with van der Waals surface area (Å²) in [6.07, 6.45) is 4.36. The molecule has 1 heterocycles. The number of anilines is 1. The van der Waals surface area contributed by atoms with Crippen molar-refractivity contribution < 1.29 is 19.1 Å². The summed E-state index contributed by atoms with van der Waals surface area (Å²) in [5.74, 6) is -1.04. The van der Waals surface area contributed by atoms with Gasteiger partial charge < -0.3 is 15.4 Å². The van der Waals surface area contributed by atoms with Crippen molar-refractivity contribution in [3.05, 3.63) is 59.9 Å². The van der Waals surface area contributed by atoms with E-state index >= 15 is 0 Å². The number of aromatic nitrogens is 1. The number of rotatable bonds is 7. The molecule has 1 saturated carbocycles. The van der Waals surface area contributed by atoms with Crippen molar-refractivity contribution in [1.82, 2.24) is 10.3 Å². The average molecular weight is 367 g/mol. The minimum Gasteiger partial charge on any atom is -0.462 e. The van der Waals surface area contributed by atoms with Crippen molar-refractivity contribution in [2.75, 3.05) is 11.9 Å². The number of nitrogens with one attached hydrogen (secondary N) is 2. The Kier molecular flexibility index (Phi) is 5.49. The van der Waals surface area contributed by atoms with E-state index in [1.54, 1.807) is 49.6 Å². The quantitative estimate of drug-likeness (QED) is 0.578. The lowest BCUT2D eigenvalue weighted by atomic mass is 10.0. The molecule has 27 heavy (non-hydrogen) atoms. The van der Waals surface area contributed by atoms with Crippen molar-refractivity contribution in [3.8, 4) is 0 Å². The molecular formula is C20H21N3O4. The molecule has 2 N–H and O–H groups in total. The van der Waals surface area contributed by atoms with Crippen LogP contribution < -0.4 is 10.6 Å². The lowest BCUT2D eigenvalue weighted by molar-refractivity contribution is -0.134. The van der Waals surface area contributed by atoms with Gasteiger partial charge in [-0.05, 0) is 55.7 Å². The highest BCUT2D eigenvalue weighted by Crippen LogP contribution is 2.46. The fourth-order valence-corrected chi connectivity index (χ4v) is 2.69. The maximum Gasteiger partial charge on any atom is 0.338 e. The molecule has 1 aromatic carbocycles. The van der Waals surface area contributed by atoms with Gasteiger partial charge in [0.25, 0.3) is 0 Å². The summed E-state index contributed by atoms with van der Waals surface area (Å²) in [6, 6.07) is 10.0.